The number of amides is 2. The zero-order chi connectivity index (χ0) is 21.8. The molecule has 4 rings (SSSR count). The van der Waals surface area contributed by atoms with Gasteiger partial charge in [0.25, 0.3) is 5.91 Å². The molecule has 3 aromatic rings. The van der Waals surface area contributed by atoms with Crippen LogP contribution in [0.4, 0.5) is 10.1 Å². The van der Waals surface area contributed by atoms with Gasteiger partial charge in [-0.2, -0.15) is 0 Å². The summed E-state index contributed by atoms with van der Waals surface area (Å²) in [4.78, 5) is 31.1. The van der Waals surface area contributed by atoms with Crippen LogP contribution < -0.4 is 11.1 Å². The number of likely N-dealkylation sites (tertiary alicyclic amines) is 1. The Bertz CT molecular complexity index is 1070. The van der Waals surface area contributed by atoms with E-state index in [1.165, 1.54) is 12.1 Å². The maximum atomic E-state index is 13.6. The van der Waals surface area contributed by atoms with E-state index >= 15 is 0 Å². The molecule has 7 heteroatoms. The van der Waals surface area contributed by atoms with E-state index in [2.05, 4.69) is 10.3 Å². The van der Waals surface area contributed by atoms with Crippen LogP contribution in [0.15, 0.2) is 73.1 Å². The number of anilines is 1. The Morgan fingerprint density at radius 1 is 1.10 bits per heavy atom. The van der Waals surface area contributed by atoms with E-state index < -0.39 is 6.04 Å². The minimum atomic E-state index is -0.855. The van der Waals surface area contributed by atoms with E-state index in [1.807, 2.05) is 6.07 Å². The summed E-state index contributed by atoms with van der Waals surface area (Å²) in [6, 6.07) is 15.4. The van der Waals surface area contributed by atoms with E-state index in [0.717, 1.165) is 18.4 Å². The van der Waals surface area contributed by atoms with Crippen LogP contribution in [0.3, 0.4) is 0 Å². The largest absolute Gasteiger partial charge is 0.334 e. The molecule has 31 heavy (non-hydrogen) atoms. The number of pyridine rings is 1. The number of nitrogens with two attached hydrogens (primary N) is 1. The van der Waals surface area contributed by atoms with Crippen LogP contribution in [-0.2, 0) is 4.79 Å². The number of halogens is 1. The third-order valence-electron chi connectivity index (χ3n) is 5.51. The highest BCUT2D eigenvalue weighted by molar-refractivity contribution is 6.04. The molecule has 2 heterocycles. The first kappa shape index (κ1) is 20.7. The second-order valence-electron chi connectivity index (χ2n) is 7.53. The molecule has 0 aliphatic carbocycles. The number of rotatable bonds is 5. The van der Waals surface area contributed by atoms with E-state index in [4.69, 9.17) is 5.73 Å². The Hall–Kier alpha value is -3.58. The highest BCUT2D eigenvalue weighted by Crippen LogP contribution is 2.34. The van der Waals surface area contributed by atoms with Crippen molar-refractivity contribution >= 4 is 17.5 Å². The van der Waals surface area contributed by atoms with Crippen molar-refractivity contribution in [3.63, 3.8) is 0 Å². The summed E-state index contributed by atoms with van der Waals surface area (Å²) in [5.74, 6) is -0.786. The standard InChI is InChI=1S/C24H23FN4O2/c25-19-4-1-3-18(15-19)21-5-2-14-29(21)24(31)22(26)16-6-8-17(9-7-16)23(30)28-20-10-12-27-13-11-20/h1,3-4,6-13,15,21-22H,2,5,14,26H2,(H,27,28,30)/t21-,22-/m1/s1. The van der Waals surface area contributed by atoms with Gasteiger partial charge in [-0.05, 0) is 60.4 Å². The quantitative estimate of drug-likeness (QED) is 0.659. The van der Waals surface area contributed by atoms with Crippen LogP contribution in [0, 0.1) is 5.82 Å². The van der Waals surface area contributed by atoms with Crippen LogP contribution in [0.25, 0.3) is 0 Å². The Labute approximate surface area is 179 Å². The predicted molar refractivity (Wildman–Crippen MR) is 116 cm³/mol. The fraction of sp³-hybridized carbons (Fsp3) is 0.208. The average molecular weight is 418 g/mol. The molecule has 1 aliphatic heterocycles. The van der Waals surface area contributed by atoms with Gasteiger partial charge in [0.1, 0.15) is 11.9 Å². The second-order valence-corrected chi connectivity index (χ2v) is 7.53. The van der Waals surface area contributed by atoms with E-state index in [9.17, 15) is 14.0 Å². The van der Waals surface area contributed by atoms with Crippen LogP contribution in [0.1, 0.15) is 46.4 Å². The molecule has 0 saturated carbocycles. The molecule has 0 spiro atoms. The summed E-state index contributed by atoms with van der Waals surface area (Å²) in [5, 5.41) is 2.79. The number of aromatic nitrogens is 1. The molecule has 1 saturated heterocycles. The highest BCUT2D eigenvalue weighted by atomic mass is 19.1. The lowest BCUT2D eigenvalue weighted by molar-refractivity contribution is -0.133. The van der Waals surface area contributed by atoms with Gasteiger partial charge in [-0.15, -0.1) is 0 Å². The van der Waals surface area contributed by atoms with Crippen molar-refractivity contribution in [1.82, 2.24) is 9.88 Å². The van der Waals surface area contributed by atoms with Crippen molar-refractivity contribution in [3.05, 3.63) is 95.6 Å². The molecule has 2 amide bonds. The molecule has 2 aromatic carbocycles. The van der Waals surface area contributed by atoms with E-state index in [0.29, 0.717) is 23.4 Å². The summed E-state index contributed by atoms with van der Waals surface area (Å²) in [5.41, 5.74) is 8.77. The van der Waals surface area contributed by atoms with Crippen molar-refractivity contribution < 1.29 is 14.0 Å². The molecule has 0 unspecified atom stereocenters. The lowest BCUT2D eigenvalue weighted by atomic mass is 10.0. The first-order chi connectivity index (χ1) is 15.0. The molecule has 1 aliphatic rings. The maximum Gasteiger partial charge on any atom is 0.255 e. The SMILES string of the molecule is N[C@@H](C(=O)N1CCC[C@@H]1c1cccc(F)c1)c1ccc(C(=O)Nc2ccncc2)cc1. The molecular formula is C24H23FN4O2. The Morgan fingerprint density at radius 2 is 1.84 bits per heavy atom. The third-order valence-corrected chi connectivity index (χ3v) is 5.51. The topological polar surface area (TPSA) is 88.3 Å². The van der Waals surface area contributed by atoms with Crippen molar-refractivity contribution in [2.75, 3.05) is 11.9 Å². The number of nitrogens with zero attached hydrogens (tertiary/aromatic N) is 2. The second kappa shape index (κ2) is 9.06. The average Bonchev–Trinajstić information content (AvgIpc) is 3.29. The number of carbonyl (C=O) groups is 2. The first-order valence-corrected chi connectivity index (χ1v) is 10.2. The Morgan fingerprint density at radius 3 is 2.55 bits per heavy atom. The van der Waals surface area contributed by atoms with Gasteiger partial charge in [0.05, 0.1) is 6.04 Å². The minimum absolute atomic E-state index is 0.181. The summed E-state index contributed by atoms with van der Waals surface area (Å²) < 4.78 is 13.6. The number of hydrogen-bond donors (Lipinski definition) is 2. The van der Waals surface area contributed by atoms with Crippen molar-refractivity contribution in [1.29, 1.82) is 0 Å². The van der Waals surface area contributed by atoms with E-state index in [1.54, 1.807) is 59.8 Å². The molecule has 0 bridgehead atoms. The summed E-state index contributed by atoms with van der Waals surface area (Å²) >= 11 is 0. The lowest BCUT2D eigenvalue weighted by Gasteiger charge is -2.28. The van der Waals surface area contributed by atoms with Gasteiger partial charge < -0.3 is 16.0 Å². The van der Waals surface area contributed by atoms with Crippen molar-refractivity contribution in [3.8, 4) is 0 Å². The molecule has 1 aromatic heterocycles. The Kier molecular flexibility index (Phi) is 6.04. The summed E-state index contributed by atoms with van der Waals surface area (Å²) in [7, 11) is 0. The van der Waals surface area contributed by atoms with Crippen LogP contribution in [-0.4, -0.2) is 28.2 Å². The molecule has 6 nitrogen and oxygen atoms in total. The fourth-order valence-corrected chi connectivity index (χ4v) is 3.89. The lowest BCUT2D eigenvalue weighted by Crippen LogP contribution is -2.38. The van der Waals surface area contributed by atoms with Gasteiger partial charge >= 0.3 is 0 Å². The smallest absolute Gasteiger partial charge is 0.255 e. The van der Waals surface area contributed by atoms with Crippen LogP contribution >= 0.6 is 0 Å². The number of hydrogen-bond acceptors (Lipinski definition) is 4. The van der Waals surface area contributed by atoms with Crippen LogP contribution in [0.5, 0.6) is 0 Å². The first-order valence-electron chi connectivity index (χ1n) is 10.2. The summed E-state index contributed by atoms with van der Waals surface area (Å²) in [6.07, 6.45) is 4.81. The number of nitrogens with one attached hydrogen (secondary N) is 1. The van der Waals surface area contributed by atoms with Crippen molar-refractivity contribution in [2.45, 2.75) is 24.9 Å². The monoisotopic (exact) mass is 418 g/mol. The molecular weight excluding hydrogens is 395 g/mol. The van der Waals surface area contributed by atoms with Gasteiger partial charge in [-0.3, -0.25) is 14.6 Å². The zero-order valence-corrected chi connectivity index (χ0v) is 16.9. The third kappa shape index (κ3) is 4.62. The predicted octanol–water partition coefficient (Wildman–Crippen LogP) is 3.84. The Balaban J connectivity index is 1.45. The normalized spacial score (nSPS) is 16.7. The number of benzene rings is 2. The zero-order valence-electron chi connectivity index (χ0n) is 16.9. The van der Waals surface area contributed by atoms with Crippen molar-refractivity contribution in [2.24, 2.45) is 5.73 Å². The minimum Gasteiger partial charge on any atom is -0.334 e. The number of carbonyl (C=O) groups excluding carboxylic acids is 2. The van der Waals surface area contributed by atoms with Gasteiger partial charge in [0.15, 0.2) is 0 Å². The maximum absolute atomic E-state index is 13.6. The highest BCUT2D eigenvalue weighted by Gasteiger charge is 2.33. The van der Waals surface area contributed by atoms with E-state index in [-0.39, 0.29) is 23.7 Å². The fourth-order valence-electron chi connectivity index (χ4n) is 3.89. The molecule has 0 radical (unpaired) electrons. The molecule has 1 fully saturated rings. The molecule has 3 N–H and O–H groups in total. The van der Waals surface area contributed by atoms with Gasteiger partial charge in [0, 0.05) is 30.2 Å². The van der Waals surface area contributed by atoms with Crippen LogP contribution in [0.2, 0.25) is 0 Å². The molecule has 158 valence electrons. The van der Waals surface area contributed by atoms with Gasteiger partial charge in [0.2, 0.25) is 5.91 Å². The van der Waals surface area contributed by atoms with Gasteiger partial charge in [-0.25, -0.2) is 4.39 Å². The molecule has 2 atom stereocenters. The van der Waals surface area contributed by atoms with Gasteiger partial charge in [-0.1, -0.05) is 24.3 Å². The summed E-state index contributed by atoms with van der Waals surface area (Å²) in [6.45, 7) is 0.583.